The average Bonchev–Trinajstić information content (AvgIpc) is 2.64. The maximum absolute atomic E-state index is 11.1. The lowest BCUT2D eigenvalue weighted by Gasteiger charge is -2.11. The lowest BCUT2D eigenvalue weighted by atomic mass is 10.1. The van der Waals surface area contributed by atoms with Crippen LogP contribution in [0.5, 0.6) is 0 Å². The molecule has 2 N–H and O–H groups in total. The van der Waals surface area contributed by atoms with Gasteiger partial charge in [0.2, 0.25) is 0 Å². The molecule has 0 amide bonds. The summed E-state index contributed by atoms with van der Waals surface area (Å²) in [7, 11) is -1.37. The monoisotopic (exact) mass is 193 g/mol. The summed E-state index contributed by atoms with van der Waals surface area (Å²) in [5.41, 5.74) is 5.21. The molecule has 0 spiro atoms. The molecule has 0 heterocycles. The lowest BCUT2D eigenvalue weighted by molar-refractivity contribution is 0.145. The minimum atomic E-state index is -2.93. The van der Waals surface area contributed by atoms with Crippen molar-refractivity contribution in [3.8, 4) is 0 Å². The van der Waals surface area contributed by atoms with Gasteiger partial charge in [0.25, 0.3) is 0 Å². The van der Waals surface area contributed by atoms with Gasteiger partial charge >= 0.3 is 0 Å². The van der Waals surface area contributed by atoms with Gasteiger partial charge in [-0.2, -0.15) is 0 Å². The van der Waals surface area contributed by atoms with Crippen molar-refractivity contribution in [1.82, 2.24) is 0 Å². The molecule has 2 atom stereocenters. The molecule has 0 aromatic rings. The summed E-state index contributed by atoms with van der Waals surface area (Å²) in [6, 6.07) is 0. The van der Waals surface area contributed by atoms with Gasteiger partial charge in [-0.15, -0.1) is 0 Å². The number of sulfone groups is 1. The highest BCUT2D eigenvalue weighted by Crippen LogP contribution is 2.49. The smallest absolute Gasteiger partial charge is 0.151 e. The zero-order chi connectivity index (χ0) is 9.41. The van der Waals surface area contributed by atoms with E-state index in [2.05, 4.69) is 0 Å². The van der Waals surface area contributed by atoms with Gasteiger partial charge in [0.1, 0.15) is 0 Å². The first-order chi connectivity index (χ1) is 5.46. The van der Waals surface area contributed by atoms with Crippen LogP contribution in [0.1, 0.15) is 6.42 Å². The van der Waals surface area contributed by atoms with Crippen LogP contribution in [0.15, 0.2) is 0 Å². The van der Waals surface area contributed by atoms with Crippen molar-refractivity contribution >= 4 is 9.84 Å². The highest BCUT2D eigenvalue weighted by molar-refractivity contribution is 7.91. The standard InChI is InChI=1S/C7H15NO3S/c1-11-5-7(4-8)3-6(7)12(2,9)10/h6H,3-5,8H2,1-2H3/t6-,7+/m1/s1. The minimum Gasteiger partial charge on any atom is -0.384 e. The third-order valence-corrected chi connectivity index (χ3v) is 4.17. The molecular weight excluding hydrogens is 178 g/mol. The van der Waals surface area contributed by atoms with Gasteiger partial charge in [-0.25, -0.2) is 8.42 Å². The molecule has 5 heteroatoms. The Bertz CT molecular complexity index is 262. The molecule has 0 bridgehead atoms. The normalized spacial score (nSPS) is 35.1. The highest BCUT2D eigenvalue weighted by atomic mass is 32.2. The Balaban J connectivity index is 2.68. The van der Waals surface area contributed by atoms with Crippen molar-refractivity contribution in [2.45, 2.75) is 11.7 Å². The Morgan fingerprint density at radius 2 is 2.25 bits per heavy atom. The predicted octanol–water partition coefficient (Wildman–Crippen LogP) is -0.605. The fraction of sp³-hybridized carbons (Fsp3) is 1.00. The second-order valence-corrected chi connectivity index (χ2v) is 5.75. The third-order valence-electron chi connectivity index (χ3n) is 2.47. The molecule has 0 unspecified atom stereocenters. The lowest BCUT2D eigenvalue weighted by Crippen LogP contribution is -2.27. The second kappa shape index (κ2) is 2.97. The number of hydrogen-bond donors (Lipinski definition) is 1. The Labute approximate surface area is 73.0 Å². The molecule has 1 fully saturated rings. The van der Waals surface area contributed by atoms with Crippen molar-refractivity contribution < 1.29 is 13.2 Å². The van der Waals surface area contributed by atoms with Gasteiger partial charge in [0.05, 0.1) is 11.9 Å². The fourth-order valence-electron chi connectivity index (χ4n) is 1.63. The number of hydrogen-bond acceptors (Lipinski definition) is 4. The average molecular weight is 193 g/mol. The van der Waals surface area contributed by atoms with Crippen LogP contribution in [0.25, 0.3) is 0 Å². The predicted molar refractivity (Wildman–Crippen MR) is 46.6 cm³/mol. The van der Waals surface area contributed by atoms with E-state index in [0.29, 0.717) is 19.6 Å². The summed E-state index contributed by atoms with van der Waals surface area (Å²) in [5.74, 6) is 0. The Hall–Kier alpha value is -0.130. The maximum Gasteiger partial charge on any atom is 0.151 e. The second-order valence-electron chi connectivity index (χ2n) is 3.52. The SMILES string of the molecule is COC[C@@]1(CN)C[C@H]1S(C)(=O)=O. The molecule has 0 aromatic heterocycles. The van der Waals surface area contributed by atoms with Crippen LogP contribution in [0.3, 0.4) is 0 Å². The van der Waals surface area contributed by atoms with E-state index < -0.39 is 9.84 Å². The summed E-state index contributed by atoms with van der Waals surface area (Å²) < 4.78 is 27.2. The summed E-state index contributed by atoms with van der Waals surface area (Å²) in [5, 5.41) is -0.282. The van der Waals surface area contributed by atoms with Crippen molar-refractivity contribution in [2.24, 2.45) is 11.1 Å². The summed E-state index contributed by atoms with van der Waals surface area (Å²) in [6.07, 6.45) is 1.90. The summed E-state index contributed by atoms with van der Waals surface area (Å²) in [4.78, 5) is 0. The van der Waals surface area contributed by atoms with E-state index in [9.17, 15) is 8.42 Å². The van der Waals surface area contributed by atoms with Crippen LogP contribution in [0.4, 0.5) is 0 Å². The van der Waals surface area contributed by atoms with Crippen LogP contribution in [-0.4, -0.2) is 40.2 Å². The number of rotatable bonds is 4. The van der Waals surface area contributed by atoms with Crippen molar-refractivity contribution in [1.29, 1.82) is 0 Å². The molecule has 1 rings (SSSR count). The molecule has 0 saturated heterocycles. The minimum absolute atomic E-state index is 0.282. The first kappa shape index (κ1) is 9.95. The van der Waals surface area contributed by atoms with Gasteiger partial charge in [-0.3, -0.25) is 0 Å². The number of methoxy groups -OCH3 is 1. The summed E-state index contributed by atoms with van der Waals surface area (Å²) in [6.45, 7) is 0.833. The zero-order valence-electron chi connectivity index (χ0n) is 7.41. The van der Waals surface area contributed by atoms with E-state index in [1.807, 2.05) is 0 Å². The van der Waals surface area contributed by atoms with E-state index in [1.165, 1.54) is 6.26 Å². The van der Waals surface area contributed by atoms with Gasteiger partial charge in [-0.05, 0) is 6.42 Å². The van der Waals surface area contributed by atoms with Crippen molar-refractivity contribution in [2.75, 3.05) is 26.5 Å². The van der Waals surface area contributed by atoms with Crippen LogP contribution >= 0.6 is 0 Å². The first-order valence-electron chi connectivity index (χ1n) is 3.84. The number of nitrogens with two attached hydrogens (primary N) is 1. The molecular formula is C7H15NO3S. The highest BCUT2D eigenvalue weighted by Gasteiger charge is 2.58. The molecule has 1 aliphatic rings. The third kappa shape index (κ3) is 1.62. The molecule has 12 heavy (non-hydrogen) atoms. The number of ether oxygens (including phenoxy) is 1. The van der Waals surface area contributed by atoms with E-state index in [0.717, 1.165) is 0 Å². The van der Waals surface area contributed by atoms with Crippen molar-refractivity contribution in [3.63, 3.8) is 0 Å². The van der Waals surface area contributed by atoms with E-state index in [4.69, 9.17) is 10.5 Å². The molecule has 1 saturated carbocycles. The van der Waals surface area contributed by atoms with E-state index in [-0.39, 0.29) is 10.7 Å². The van der Waals surface area contributed by atoms with Gasteiger partial charge < -0.3 is 10.5 Å². The Kier molecular flexibility index (Phi) is 2.47. The van der Waals surface area contributed by atoms with Crippen LogP contribution in [0.2, 0.25) is 0 Å². The largest absolute Gasteiger partial charge is 0.384 e. The quantitative estimate of drug-likeness (QED) is 0.647. The molecule has 0 radical (unpaired) electrons. The molecule has 1 aliphatic carbocycles. The summed E-state index contributed by atoms with van der Waals surface area (Å²) >= 11 is 0. The van der Waals surface area contributed by atoms with Gasteiger partial charge in [0.15, 0.2) is 9.84 Å². The maximum atomic E-state index is 11.1. The molecule has 72 valence electrons. The van der Waals surface area contributed by atoms with E-state index >= 15 is 0 Å². The molecule has 0 aliphatic heterocycles. The van der Waals surface area contributed by atoms with Crippen molar-refractivity contribution in [3.05, 3.63) is 0 Å². The molecule has 0 aromatic carbocycles. The van der Waals surface area contributed by atoms with Gasteiger partial charge in [0, 0.05) is 25.3 Å². The van der Waals surface area contributed by atoms with E-state index in [1.54, 1.807) is 7.11 Å². The first-order valence-corrected chi connectivity index (χ1v) is 5.79. The molecule has 4 nitrogen and oxygen atoms in total. The van der Waals surface area contributed by atoms with Crippen LogP contribution in [-0.2, 0) is 14.6 Å². The topological polar surface area (TPSA) is 69.4 Å². The van der Waals surface area contributed by atoms with Crippen LogP contribution in [0, 0.1) is 5.41 Å². The van der Waals surface area contributed by atoms with Crippen LogP contribution < -0.4 is 5.73 Å². The van der Waals surface area contributed by atoms with Gasteiger partial charge in [-0.1, -0.05) is 0 Å². The fourth-order valence-corrected chi connectivity index (χ4v) is 3.34. The Morgan fingerprint density at radius 3 is 2.50 bits per heavy atom. The zero-order valence-corrected chi connectivity index (χ0v) is 8.23. The Morgan fingerprint density at radius 1 is 1.67 bits per heavy atom.